The molecule has 1 N–H and O–H groups in total. The normalized spacial score (nSPS) is 17.5. The molecule has 4 heteroatoms. The molecule has 0 unspecified atom stereocenters. The predicted octanol–water partition coefficient (Wildman–Crippen LogP) is 4.62. The van der Waals surface area contributed by atoms with Crippen LogP contribution in [0.15, 0.2) is 0 Å². The van der Waals surface area contributed by atoms with Crippen molar-refractivity contribution in [3.8, 4) is 0 Å². The molecule has 126 valence electrons. The Balaban J connectivity index is 0.00000400. The van der Waals surface area contributed by atoms with E-state index < -0.39 is 0 Å². The topological polar surface area (TPSA) is 38.3 Å². The molecule has 0 spiro atoms. The molecule has 1 aliphatic rings. The first-order valence-electron chi connectivity index (χ1n) is 8.74. The second-order valence-electron chi connectivity index (χ2n) is 6.00. The highest BCUT2D eigenvalue weighted by molar-refractivity contribution is 5.85. The van der Waals surface area contributed by atoms with Crippen LogP contribution in [-0.2, 0) is 9.53 Å². The first-order chi connectivity index (χ1) is 9.84. The first-order valence-corrected chi connectivity index (χ1v) is 8.74. The molecular formula is C17H34ClNO2. The lowest BCUT2D eigenvalue weighted by Gasteiger charge is -2.10. The summed E-state index contributed by atoms with van der Waals surface area (Å²) in [5.41, 5.74) is 0. The molecule has 0 aromatic carbocycles. The van der Waals surface area contributed by atoms with E-state index in [0.717, 1.165) is 25.8 Å². The van der Waals surface area contributed by atoms with Crippen LogP contribution in [0.3, 0.4) is 0 Å². The highest BCUT2D eigenvalue weighted by Crippen LogP contribution is 2.11. The molecule has 3 nitrogen and oxygen atoms in total. The fourth-order valence-electron chi connectivity index (χ4n) is 2.75. The molecule has 0 amide bonds. The molecule has 0 bridgehead atoms. The largest absolute Gasteiger partial charge is 0.465 e. The van der Waals surface area contributed by atoms with Gasteiger partial charge in [0.1, 0.15) is 6.04 Å². The highest BCUT2D eigenvalue weighted by Gasteiger charge is 2.22. The number of halogens is 1. The van der Waals surface area contributed by atoms with Crippen LogP contribution < -0.4 is 5.32 Å². The van der Waals surface area contributed by atoms with E-state index in [1.54, 1.807) is 0 Å². The third kappa shape index (κ3) is 11.0. The van der Waals surface area contributed by atoms with Gasteiger partial charge in [-0.25, -0.2) is 0 Å². The van der Waals surface area contributed by atoms with Crippen LogP contribution in [0.25, 0.3) is 0 Å². The molecular weight excluding hydrogens is 286 g/mol. The van der Waals surface area contributed by atoms with Crippen molar-refractivity contribution >= 4 is 18.4 Å². The van der Waals surface area contributed by atoms with Crippen molar-refractivity contribution in [2.45, 2.75) is 90.0 Å². The predicted molar refractivity (Wildman–Crippen MR) is 91.1 cm³/mol. The van der Waals surface area contributed by atoms with Crippen molar-refractivity contribution in [2.75, 3.05) is 13.2 Å². The van der Waals surface area contributed by atoms with Gasteiger partial charge in [0.15, 0.2) is 0 Å². The number of hydrogen-bond donors (Lipinski definition) is 1. The smallest absolute Gasteiger partial charge is 0.323 e. The van der Waals surface area contributed by atoms with Crippen molar-refractivity contribution in [3.05, 3.63) is 0 Å². The Morgan fingerprint density at radius 3 is 2.10 bits per heavy atom. The van der Waals surface area contributed by atoms with Gasteiger partial charge in [0, 0.05) is 0 Å². The van der Waals surface area contributed by atoms with E-state index in [1.165, 1.54) is 57.8 Å². The Bertz CT molecular complexity index is 243. The van der Waals surface area contributed by atoms with Crippen molar-refractivity contribution in [1.29, 1.82) is 0 Å². The molecule has 0 saturated carbocycles. The van der Waals surface area contributed by atoms with Crippen LogP contribution in [0.2, 0.25) is 0 Å². The Labute approximate surface area is 137 Å². The van der Waals surface area contributed by atoms with Gasteiger partial charge in [-0.05, 0) is 25.8 Å². The molecule has 0 aromatic rings. The maximum absolute atomic E-state index is 11.6. The molecule has 0 aliphatic carbocycles. The average Bonchev–Trinajstić information content (AvgIpc) is 2.99. The summed E-state index contributed by atoms with van der Waals surface area (Å²) in [6.07, 6.45) is 15.2. The van der Waals surface area contributed by atoms with E-state index in [9.17, 15) is 4.79 Å². The summed E-state index contributed by atoms with van der Waals surface area (Å²) in [6, 6.07) is -0.0295. The molecule has 1 atom stereocenters. The molecule has 1 heterocycles. The van der Waals surface area contributed by atoms with Gasteiger partial charge in [-0.2, -0.15) is 0 Å². The fraction of sp³-hybridized carbons (Fsp3) is 0.941. The highest BCUT2D eigenvalue weighted by atomic mass is 35.5. The van der Waals surface area contributed by atoms with E-state index in [1.807, 2.05) is 0 Å². The molecule has 1 aliphatic heterocycles. The Hall–Kier alpha value is -0.280. The number of rotatable bonds is 12. The second kappa shape index (κ2) is 14.6. The quantitative estimate of drug-likeness (QED) is 0.421. The SMILES string of the molecule is CCCCCCCCCCCCOC(=O)[C@@H]1CCCN1.Cl. The van der Waals surface area contributed by atoms with Crippen molar-refractivity contribution in [1.82, 2.24) is 5.32 Å². The zero-order valence-electron chi connectivity index (χ0n) is 13.7. The van der Waals surface area contributed by atoms with E-state index in [2.05, 4.69) is 12.2 Å². The molecule has 0 radical (unpaired) electrons. The van der Waals surface area contributed by atoms with Crippen LogP contribution in [0, 0.1) is 0 Å². The van der Waals surface area contributed by atoms with E-state index in [4.69, 9.17) is 4.74 Å². The van der Waals surface area contributed by atoms with Gasteiger partial charge < -0.3 is 10.1 Å². The number of carbonyl (C=O) groups excluding carboxylic acids is 1. The zero-order valence-corrected chi connectivity index (χ0v) is 14.5. The zero-order chi connectivity index (χ0) is 14.5. The minimum atomic E-state index is -0.0431. The lowest BCUT2D eigenvalue weighted by Crippen LogP contribution is -2.32. The molecule has 21 heavy (non-hydrogen) atoms. The van der Waals surface area contributed by atoms with Gasteiger partial charge in [-0.15, -0.1) is 12.4 Å². The number of nitrogens with one attached hydrogen (secondary N) is 1. The van der Waals surface area contributed by atoms with Crippen molar-refractivity contribution < 1.29 is 9.53 Å². The Kier molecular flexibility index (Phi) is 14.5. The van der Waals surface area contributed by atoms with E-state index in [-0.39, 0.29) is 24.4 Å². The van der Waals surface area contributed by atoms with Crippen molar-refractivity contribution in [2.24, 2.45) is 0 Å². The summed E-state index contributed by atoms with van der Waals surface area (Å²) < 4.78 is 5.30. The summed E-state index contributed by atoms with van der Waals surface area (Å²) in [7, 11) is 0. The molecule has 1 saturated heterocycles. The maximum Gasteiger partial charge on any atom is 0.323 e. The van der Waals surface area contributed by atoms with E-state index >= 15 is 0 Å². The van der Waals surface area contributed by atoms with Crippen LogP contribution in [0.1, 0.15) is 84.0 Å². The number of hydrogen-bond acceptors (Lipinski definition) is 3. The number of unbranched alkanes of at least 4 members (excludes halogenated alkanes) is 9. The van der Waals surface area contributed by atoms with Gasteiger partial charge in [0.05, 0.1) is 6.61 Å². The summed E-state index contributed by atoms with van der Waals surface area (Å²) in [5, 5.41) is 3.17. The van der Waals surface area contributed by atoms with Gasteiger partial charge in [0.25, 0.3) is 0 Å². The van der Waals surface area contributed by atoms with E-state index in [0.29, 0.717) is 6.61 Å². The minimum Gasteiger partial charge on any atom is -0.465 e. The van der Waals surface area contributed by atoms with Gasteiger partial charge in [-0.1, -0.05) is 64.7 Å². The summed E-state index contributed by atoms with van der Waals surface area (Å²) in [6.45, 7) is 3.82. The molecule has 0 aromatic heterocycles. The fourth-order valence-corrected chi connectivity index (χ4v) is 2.75. The standard InChI is InChI=1S/C17H33NO2.ClH/c1-2-3-4-5-6-7-8-9-10-11-15-20-17(19)16-13-12-14-18-16;/h16,18H,2-15H2,1H3;1H/t16-;/m0./s1. The van der Waals surface area contributed by atoms with Crippen LogP contribution in [-0.4, -0.2) is 25.2 Å². The lowest BCUT2D eigenvalue weighted by atomic mass is 10.1. The summed E-state index contributed by atoms with van der Waals surface area (Å²) in [5.74, 6) is -0.0431. The second-order valence-corrected chi connectivity index (χ2v) is 6.00. The van der Waals surface area contributed by atoms with Crippen LogP contribution in [0.4, 0.5) is 0 Å². The number of ether oxygens (including phenoxy) is 1. The summed E-state index contributed by atoms with van der Waals surface area (Å²) in [4.78, 5) is 11.6. The van der Waals surface area contributed by atoms with Crippen molar-refractivity contribution in [3.63, 3.8) is 0 Å². The van der Waals surface area contributed by atoms with Gasteiger partial charge in [-0.3, -0.25) is 4.79 Å². The Morgan fingerprint density at radius 1 is 1.00 bits per heavy atom. The Morgan fingerprint density at radius 2 is 1.57 bits per heavy atom. The van der Waals surface area contributed by atoms with Crippen LogP contribution >= 0.6 is 12.4 Å². The van der Waals surface area contributed by atoms with Gasteiger partial charge >= 0.3 is 5.97 Å². The third-order valence-corrected chi connectivity index (χ3v) is 4.09. The first kappa shape index (κ1) is 20.7. The maximum atomic E-state index is 11.6. The molecule has 1 fully saturated rings. The number of carbonyl (C=O) groups is 1. The third-order valence-electron chi connectivity index (χ3n) is 4.09. The average molecular weight is 320 g/mol. The minimum absolute atomic E-state index is 0. The van der Waals surface area contributed by atoms with Crippen LogP contribution in [0.5, 0.6) is 0 Å². The van der Waals surface area contributed by atoms with Gasteiger partial charge in [0.2, 0.25) is 0 Å². The summed E-state index contributed by atoms with van der Waals surface area (Å²) >= 11 is 0. The number of esters is 1. The lowest BCUT2D eigenvalue weighted by molar-refractivity contribution is -0.145. The monoisotopic (exact) mass is 319 g/mol. The molecule has 1 rings (SSSR count).